The predicted octanol–water partition coefficient (Wildman–Crippen LogP) is 4.81. The van der Waals surface area contributed by atoms with Gasteiger partial charge in [-0.15, -0.1) is 0 Å². The number of nitrogens with one attached hydrogen (secondary N) is 3. The van der Waals surface area contributed by atoms with E-state index in [1.807, 2.05) is 30.3 Å². The van der Waals surface area contributed by atoms with E-state index in [1.54, 1.807) is 38.4 Å². The fourth-order valence-corrected chi connectivity index (χ4v) is 4.21. The second-order valence-corrected chi connectivity index (χ2v) is 9.73. The minimum absolute atomic E-state index is 0.126. The van der Waals surface area contributed by atoms with Crippen LogP contribution in [0, 0.1) is 11.2 Å². The van der Waals surface area contributed by atoms with Gasteiger partial charge in [0.05, 0.1) is 35.7 Å². The van der Waals surface area contributed by atoms with Gasteiger partial charge in [-0.05, 0) is 55.8 Å². The van der Waals surface area contributed by atoms with E-state index in [2.05, 4.69) is 25.6 Å². The summed E-state index contributed by atoms with van der Waals surface area (Å²) in [4.78, 5) is 30.0. The van der Waals surface area contributed by atoms with Crippen molar-refractivity contribution in [2.75, 3.05) is 44.1 Å². The molecule has 0 atom stereocenters. The average Bonchev–Trinajstić information content (AvgIpc) is 3.42. The van der Waals surface area contributed by atoms with Gasteiger partial charge in [0.25, 0.3) is 0 Å². The number of H-pyrrole nitrogens is 1. The summed E-state index contributed by atoms with van der Waals surface area (Å²) < 4.78 is 30.8. The van der Waals surface area contributed by atoms with Crippen molar-refractivity contribution in [3.8, 4) is 22.6 Å². The van der Waals surface area contributed by atoms with E-state index < -0.39 is 11.7 Å². The number of imidazole rings is 1. The number of ether oxygens (including phenoxy) is 3. The molecule has 11 heteroatoms. The smallest absolute Gasteiger partial charge is 0.234 e. The number of carbonyl (C=O) groups excluding carboxylic acids is 1. The number of hydrogen-bond donors (Lipinski definition) is 3. The van der Waals surface area contributed by atoms with Crippen LogP contribution in [-0.4, -0.2) is 59.3 Å². The summed E-state index contributed by atoms with van der Waals surface area (Å²) >= 11 is 0. The number of aromatic amines is 1. The molecule has 0 spiro atoms. The summed E-state index contributed by atoms with van der Waals surface area (Å²) in [6.45, 7) is 3.32. The number of halogens is 1. The lowest BCUT2D eigenvalue weighted by Gasteiger charge is -2.35. The van der Waals surface area contributed by atoms with Crippen LogP contribution in [0.2, 0.25) is 0 Å². The van der Waals surface area contributed by atoms with Gasteiger partial charge >= 0.3 is 0 Å². The Balaban J connectivity index is 1.37. The molecule has 0 aliphatic carbocycles. The first-order chi connectivity index (χ1) is 19.4. The van der Waals surface area contributed by atoms with Crippen LogP contribution < -0.4 is 10.6 Å². The molecule has 0 unspecified atom stereocenters. The third-order valence-corrected chi connectivity index (χ3v) is 6.47. The summed E-state index contributed by atoms with van der Waals surface area (Å²) in [5.74, 6) is 0.321. The fourth-order valence-electron chi connectivity index (χ4n) is 4.21. The van der Waals surface area contributed by atoms with E-state index in [0.29, 0.717) is 53.3 Å². The Hall–Kier alpha value is -4.19. The van der Waals surface area contributed by atoms with Gasteiger partial charge in [-0.25, -0.2) is 19.3 Å². The zero-order valence-electron chi connectivity index (χ0n) is 22.3. The van der Waals surface area contributed by atoms with E-state index >= 15 is 0 Å². The Labute approximate surface area is 231 Å². The minimum Gasteiger partial charge on any atom is -0.385 e. The topological polar surface area (TPSA) is 123 Å². The van der Waals surface area contributed by atoms with Gasteiger partial charge in [0, 0.05) is 37.7 Å². The molecule has 5 rings (SSSR count). The lowest BCUT2D eigenvalue weighted by atomic mass is 9.91. The van der Waals surface area contributed by atoms with Gasteiger partial charge in [-0.3, -0.25) is 4.79 Å². The summed E-state index contributed by atoms with van der Waals surface area (Å²) in [5, 5.41) is 6.10. The second-order valence-electron chi connectivity index (χ2n) is 9.73. The van der Waals surface area contributed by atoms with Gasteiger partial charge < -0.3 is 29.8 Å². The molecule has 0 bridgehead atoms. The summed E-state index contributed by atoms with van der Waals surface area (Å²) in [6, 6.07) is 17.1. The SMILES string of the molecule is COCCCNc1nccc(-c2[nH]c(C3OCC(C)(C(=O)Nc4ccccc4)CO3)nc2-c2ccc(F)cc2)n1. The van der Waals surface area contributed by atoms with E-state index in [0.717, 1.165) is 6.42 Å². The monoisotopic (exact) mass is 546 g/mol. The van der Waals surface area contributed by atoms with Crippen LogP contribution in [0.15, 0.2) is 66.9 Å². The molecule has 0 saturated carbocycles. The normalized spacial score (nSPS) is 18.8. The van der Waals surface area contributed by atoms with Crippen molar-refractivity contribution in [1.82, 2.24) is 19.9 Å². The molecule has 0 radical (unpaired) electrons. The molecule has 10 nitrogen and oxygen atoms in total. The molecule has 40 heavy (non-hydrogen) atoms. The number of nitrogens with zero attached hydrogens (tertiary/aromatic N) is 3. The van der Waals surface area contributed by atoms with Gasteiger partial charge in [0.15, 0.2) is 5.82 Å². The number of rotatable bonds is 10. The minimum atomic E-state index is -0.891. The molecule has 1 amide bonds. The van der Waals surface area contributed by atoms with Crippen LogP contribution in [-0.2, 0) is 19.0 Å². The first-order valence-corrected chi connectivity index (χ1v) is 13.0. The van der Waals surface area contributed by atoms with E-state index in [-0.39, 0.29) is 24.9 Å². The molecule has 1 aliphatic rings. The Kier molecular flexibility index (Phi) is 8.44. The van der Waals surface area contributed by atoms with Crippen molar-refractivity contribution in [3.05, 3.63) is 78.5 Å². The van der Waals surface area contributed by atoms with Gasteiger partial charge in [0.1, 0.15) is 5.82 Å². The van der Waals surface area contributed by atoms with E-state index in [4.69, 9.17) is 19.2 Å². The van der Waals surface area contributed by atoms with Gasteiger partial charge in [0.2, 0.25) is 18.1 Å². The summed E-state index contributed by atoms with van der Waals surface area (Å²) in [5.41, 5.74) is 2.25. The number of methoxy groups -OCH3 is 1. The largest absolute Gasteiger partial charge is 0.385 e. The maximum absolute atomic E-state index is 13.7. The van der Waals surface area contributed by atoms with Crippen LogP contribution in [0.3, 0.4) is 0 Å². The fraction of sp³-hybridized carbons (Fsp3) is 0.310. The van der Waals surface area contributed by atoms with Crippen LogP contribution in [0.1, 0.15) is 25.5 Å². The zero-order chi connectivity index (χ0) is 28.0. The molecule has 208 valence electrons. The average molecular weight is 547 g/mol. The Bertz CT molecular complexity index is 1420. The zero-order valence-corrected chi connectivity index (χ0v) is 22.3. The Morgan fingerprint density at radius 3 is 2.58 bits per heavy atom. The molecule has 2 aromatic carbocycles. The maximum Gasteiger partial charge on any atom is 0.234 e. The quantitative estimate of drug-likeness (QED) is 0.242. The Morgan fingerprint density at radius 1 is 1.10 bits per heavy atom. The van der Waals surface area contributed by atoms with Crippen molar-refractivity contribution in [2.45, 2.75) is 19.6 Å². The Morgan fingerprint density at radius 2 is 1.85 bits per heavy atom. The third kappa shape index (κ3) is 6.33. The number of aromatic nitrogens is 4. The van der Waals surface area contributed by atoms with Crippen molar-refractivity contribution < 1.29 is 23.4 Å². The number of benzene rings is 2. The first-order valence-electron chi connectivity index (χ1n) is 13.0. The number of hydrogen-bond acceptors (Lipinski definition) is 8. The van der Waals surface area contributed by atoms with E-state index in [1.165, 1.54) is 12.1 Å². The number of amides is 1. The predicted molar refractivity (Wildman–Crippen MR) is 148 cm³/mol. The molecule has 1 saturated heterocycles. The molecular weight excluding hydrogens is 515 g/mol. The summed E-state index contributed by atoms with van der Waals surface area (Å²) in [7, 11) is 1.66. The van der Waals surface area contributed by atoms with Crippen molar-refractivity contribution in [1.29, 1.82) is 0 Å². The molecule has 2 aromatic heterocycles. The van der Waals surface area contributed by atoms with E-state index in [9.17, 15) is 9.18 Å². The molecule has 4 aromatic rings. The van der Waals surface area contributed by atoms with Crippen LogP contribution in [0.5, 0.6) is 0 Å². The maximum atomic E-state index is 13.7. The molecule has 1 fully saturated rings. The first kappa shape index (κ1) is 27.4. The molecule has 3 N–H and O–H groups in total. The molecule has 1 aliphatic heterocycles. The highest BCUT2D eigenvalue weighted by Gasteiger charge is 2.41. The molecule has 3 heterocycles. The van der Waals surface area contributed by atoms with Crippen LogP contribution in [0.4, 0.5) is 16.0 Å². The van der Waals surface area contributed by atoms with Crippen molar-refractivity contribution >= 4 is 17.5 Å². The van der Waals surface area contributed by atoms with Crippen LogP contribution >= 0.6 is 0 Å². The van der Waals surface area contributed by atoms with Crippen molar-refractivity contribution in [3.63, 3.8) is 0 Å². The molecular formula is C29H31FN6O4. The number of carbonyl (C=O) groups is 1. The number of para-hydroxylation sites is 1. The highest BCUT2D eigenvalue weighted by Crippen LogP contribution is 2.36. The standard InChI is InChI=1S/C29H31FN6O4/c1-29(27(37)33-21-7-4-3-5-8-21)17-39-26(40-18-29)25-35-23(19-9-11-20(30)12-10-19)24(36-25)22-13-15-32-28(34-22)31-14-6-16-38-2/h3-5,7-13,15,26H,6,14,16-18H2,1-2H3,(H,33,37)(H,35,36)(H,31,32,34). The highest BCUT2D eigenvalue weighted by molar-refractivity contribution is 5.95. The van der Waals surface area contributed by atoms with Crippen molar-refractivity contribution in [2.24, 2.45) is 5.41 Å². The lowest BCUT2D eigenvalue weighted by Crippen LogP contribution is -2.45. The summed E-state index contributed by atoms with van der Waals surface area (Å²) in [6.07, 6.45) is 1.62. The van der Waals surface area contributed by atoms with Crippen LogP contribution in [0.25, 0.3) is 22.6 Å². The second kappa shape index (κ2) is 12.3. The van der Waals surface area contributed by atoms with Gasteiger partial charge in [-0.2, -0.15) is 0 Å². The highest BCUT2D eigenvalue weighted by atomic mass is 19.1. The van der Waals surface area contributed by atoms with Gasteiger partial charge in [-0.1, -0.05) is 18.2 Å². The third-order valence-electron chi connectivity index (χ3n) is 6.47. The number of anilines is 2. The lowest BCUT2D eigenvalue weighted by molar-refractivity contribution is -0.229.